The third-order valence-electron chi connectivity index (χ3n) is 2.64. The quantitative estimate of drug-likeness (QED) is 0.522. The molecule has 0 heterocycles. The maximum absolute atomic E-state index is 11.6. The molecule has 116 valence electrons. The number of unbranched alkanes of at least 4 members (excludes halogenated alkanes) is 1. The highest BCUT2D eigenvalue weighted by Gasteiger charge is 2.13. The van der Waals surface area contributed by atoms with Gasteiger partial charge >= 0.3 is 11.8 Å². The predicted octanol–water partition coefficient (Wildman–Crippen LogP) is 1.30. The van der Waals surface area contributed by atoms with Crippen LogP contribution >= 0.6 is 0 Å². The van der Waals surface area contributed by atoms with Crippen molar-refractivity contribution in [2.24, 2.45) is 0 Å². The first-order chi connectivity index (χ1) is 10.0. The van der Waals surface area contributed by atoms with Crippen molar-refractivity contribution >= 4 is 17.5 Å². The van der Waals surface area contributed by atoms with Gasteiger partial charge in [0.2, 0.25) is 0 Å². The molecule has 0 aliphatic heterocycles. The summed E-state index contributed by atoms with van der Waals surface area (Å²) < 4.78 is 5.50. The maximum Gasteiger partial charge on any atom is 0.313 e. The largest absolute Gasteiger partial charge is 0.494 e. The van der Waals surface area contributed by atoms with Crippen molar-refractivity contribution in [3.63, 3.8) is 0 Å². The summed E-state index contributed by atoms with van der Waals surface area (Å²) in [5.41, 5.74) is 0.509. The molecule has 6 heteroatoms. The van der Waals surface area contributed by atoms with Crippen LogP contribution in [0.15, 0.2) is 24.3 Å². The zero-order valence-electron chi connectivity index (χ0n) is 12.4. The number of nitrogens with one attached hydrogen (secondary N) is 2. The van der Waals surface area contributed by atoms with Gasteiger partial charge in [-0.15, -0.1) is 0 Å². The lowest BCUT2D eigenvalue weighted by Crippen LogP contribution is -2.38. The number of ether oxygens (including phenoxy) is 1. The van der Waals surface area contributed by atoms with Gasteiger partial charge in [0.05, 0.1) is 12.7 Å². The number of anilines is 1. The Balaban J connectivity index is 2.43. The van der Waals surface area contributed by atoms with E-state index in [1.807, 2.05) is 0 Å². The summed E-state index contributed by atoms with van der Waals surface area (Å²) >= 11 is 0. The standard InChI is InChI=1S/C15H22N2O4/c1-3-4-9-21-13-7-5-12(6-8-13)17-15(20)14(19)16-10-11(2)18/h5-8,11,18H,3-4,9-10H2,1-2H3,(H,16,19)(H,17,20)/t11-/m1/s1. The Morgan fingerprint density at radius 3 is 2.48 bits per heavy atom. The van der Waals surface area contributed by atoms with E-state index in [1.54, 1.807) is 24.3 Å². The minimum Gasteiger partial charge on any atom is -0.494 e. The van der Waals surface area contributed by atoms with Crippen molar-refractivity contribution in [2.45, 2.75) is 32.8 Å². The van der Waals surface area contributed by atoms with E-state index in [4.69, 9.17) is 9.84 Å². The second-order valence-corrected chi connectivity index (χ2v) is 4.74. The molecular weight excluding hydrogens is 272 g/mol. The van der Waals surface area contributed by atoms with Crippen molar-refractivity contribution in [1.82, 2.24) is 5.32 Å². The predicted molar refractivity (Wildman–Crippen MR) is 80.2 cm³/mol. The minimum atomic E-state index is -0.779. The van der Waals surface area contributed by atoms with Crippen LogP contribution in [0.2, 0.25) is 0 Å². The molecule has 0 unspecified atom stereocenters. The fourth-order valence-electron chi connectivity index (χ4n) is 1.48. The molecule has 0 spiro atoms. The Hall–Kier alpha value is -2.08. The summed E-state index contributed by atoms with van der Waals surface area (Å²) in [6.45, 7) is 4.31. The van der Waals surface area contributed by atoms with E-state index in [0.29, 0.717) is 12.3 Å². The second-order valence-electron chi connectivity index (χ2n) is 4.74. The van der Waals surface area contributed by atoms with Gasteiger partial charge in [0, 0.05) is 12.2 Å². The van der Waals surface area contributed by atoms with E-state index >= 15 is 0 Å². The number of aliphatic hydroxyl groups is 1. The number of amides is 2. The van der Waals surface area contributed by atoms with Gasteiger partial charge in [-0.25, -0.2) is 0 Å². The number of carbonyl (C=O) groups is 2. The maximum atomic E-state index is 11.6. The van der Waals surface area contributed by atoms with Gasteiger partial charge in [-0.05, 0) is 37.6 Å². The molecule has 21 heavy (non-hydrogen) atoms. The second kappa shape index (κ2) is 8.97. The van der Waals surface area contributed by atoms with Crippen LogP contribution in [0.3, 0.4) is 0 Å². The molecule has 0 bridgehead atoms. The molecule has 3 N–H and O–H groups in total. The van der Waals surface area contributed by atoms with Gasteiger partial charge in [0.25, 0.3) is 0 Å². The van der Waals surface area contributed by atoms with E-state index in [2.05, 4.69) is 17.6 Å². The molecule has 0 radical (unpaired) electrons. The summed E-state index contributed by atoms with van der Waals surface area (Å²) in [5.74, 6) is -0.825. The van der Waals surface area contributed by atoms with Crippen molar-refractivity contribution in [2.75, 3.05) is 18.5 Å². The molecule has 0 aromatic heterocycles. The van der Waals surface area contributed by atoms with E-state index < -0.39 is 17.9 Å². The van der Waals surface area contributed by atoms with E-state index in [1.165, 1.54) is 6.92 Å². The molecular formula is C15H22N2O4. The zero-order valence-corrected chi connectivity index (χ0v) is 12.4. The number of rotatable bonds is 7. The van der Waals surface area contributed by atoms with Gasteiger partial charge < -0.3 is 20.5 Å². The van der Waals surface area contributed by atoms with E-state index in [-0.39, 0.29) is 6.54 Å². The highest BCUT2D eigenvalue weighted by Crippen LogP contribution is 2.15. The fourth-order valence-corrected chi connectivity index (χ4v) is 1.48. The van der Waals surface area contributed by atoms with Crippen LogP contribution in [0, 0.1) is 0 Å². The zero-order chi connectivity index (χ0) is 15.7. The van der Waals surface area contributed by atoms with Crippen LogP contribution in [0.5, 0.6) is 5.75 Å². The average molecular weight is 294 g/mol. The molecule has 1 aromatic carbocycles. The third kappa shape index (κ3) is 6.76. The number of benzene rings is 1. The summed E-state index contributed by atoms with van der Waals surface area (Å²) in [6.07, 6.45) is 1.36. The highest BCUT2D eigenvalue weighted by molar-refractivity contribution is 6.39. The van der Waals surface area contributed by atoms with E-state index in [9.17, 15) is 9.59 Å². The summed E-state index contributed by atoms with van der Waals surface area (Å²) in [7, 11) is 0. The third-order valence-corrected chi connectivity index (χ3v) is 2.64. The molecule has 0 saturated heterocycles. The fraction of sp³-hybridized carbons (Fsp3) is 0.467. The number of hydrogen-bond acceptors (Lipinski definition) is 4. The lowest BCUT2D eigenvalue weighted by molar-refractivity contribution is -0.136. The van der Waals surface area contributed by atoms with Crippen LogP contribution < -0.4 is 15.4 Å². The monoisotopic (exact) mass is 294 g/mol. The lowest BCUT2D eigenvalue weighted by atomic mass is 10.3. The van der Waals surface area contributed by atoms with Crippen LogP contribution in [-0.2, 0) is 9.59 Å². The first-order valence-electron chi connectivity index (χ1n) is 7.03. The highest BCUT2D eigenvalue weighted by atomic mass is 16.5. The normalized spacial score (nSPS) is 11.6. The van der Waals surface area contributed by atoms with Crippen molar-refractivity contribution in [1.29, 1.82) is 0 Å². The molecule has 0 aliphatic carbocycles. The lowest BCUT2D eigenvalue weighted by Gasteiger charge is -2.09. The number of carbonyl (C=O) groups excluding carboxylic acids is 2. The molecule has 0 saturated carbocycles. The first kappa shape index (κ1) is 17.0. The van der Waals surface area contributed by atoms with E-state index in [0.717, 1.165) is 18.6 Å². The summed E-state index contributed by atoms with van der Waals surface area (Å²) in [6, 6.07) is 6.81. The average Bonchev–Trinajstić information content (AvgIpc) is 2.46. The Bertz CT molecular complexity index is 457. The van der Waals surface area contributed by atoms with Crippen molar-refractivity contribution in [3.8, 4) is 5.75 Å². The SMILES string of the molecule is CCCCOc1ccc(NC(=O)C(=O)NC[C@@H](C)O)cc1. The molecule has 1 rings (SSSR count). The molecule has 0 aliphatic rings. The van der Waals surface area contributed by atoms with Gasteiger partial charge in [-0.2, -0.15) is 0 Å². The van der Waals surface area contributed by atoms with Crippen LogP contribution in [0.1, 0.15) is 26.7 Å². The summed E-state index contributed by atoms with van der Waals surface area (Å²) in [5, 5.41) is 13.8. The Kier molecular flexibility index (Phi) is 7.25. The van der Waals surface area contributed by atoms with Crippen LogP contribution in [-0.4, -0.2) is 36.2 Å². The topological polar surface area (TPSA) is 87.7 Å². The molecule has 1 atom stereocenters. The van der Waals surface area contributed by atoms with Crippen LogP contribution in [0.4, 0.5) is 5.69 Å². The summed E-state index contributed by atoms with van der Waals surface area (Å²) in [4.78, 5) is 23.0. The van der Waals surface area contributed by atoms with Gasteiger partial charge in [0.15, 0.2) is 0 Å². The van der Waals surface area contributed by atoms with Gasteiger partial charge in [-0.3, -0.25) is 9.59 Å². The molecule has 0 fully saturated rings. The smallest absolute Gasteiger partial charge is 0.313 e. The first-order valence-corrected chi connectivity index (χ1v) is 7.03. The Morgan fingerprint density at radius 1 is 1.24 bits per heavy atom. The van der Waals surface area contributed by atoms with Crippen molar-refractivity contribution < 1.29 is 19.4 Å². The van der Waals surface area contributed by atoms with Crippen LogP contribution in [0.25, 0.3) is 0 Å². The van der Waals surface area contributed by atoms with Gasteiger partial charge in [0.1, 0.15) is 5.75 Å². The molecule has 6 nitrogen and oxygen atoms in total. The molecule has 2 amide bonds. The van der Waals surface area contributed by atoms with Gasteiger partial charge in [-0.1, -0.05) is 13.3 Å². The minimum absolute atomic E-state index is 0.0382. The Morgan fingerprint density at radius 2 is 1.90 bits per heavy atom. The molecule has 1 aromatic rings. The number of aliphatic hydroxyl groups excluding tert-OH is 1. The van der Waals surface area contributed by atoms with Crippen molar-refractivity contribution in [3.05, 3.63) is 24.3 Å². The Labute approximate surface area is 124 Å². The number of hydrogen-bond donors (Lipinski definition) is 3.